The Hall–Kier alpha value is -3.54. The zero-order valence-corrected chi connectivity index (χ0v) is 31.5. The molecule has 1 rings (SSSR count). The van der Waals surface area contributed by atoms with Crippen LogP contribution in [0.25, 0.3) is 0 Å². The van der Waals surface area contributed by atoms with Crippen molar-refractivity contribution in [3.8, 4) is 0 Å². The van der Waals surface area contributed by atoms with Crippen LogP contribution in [0.3, 0.4) is 0 Å². The summed E-state index contributed by atoms with van der Waals surface area (Å²) < 4.78 is 1.82. The fraction of sp³-hybridized carbons (Fsp3) is 0.722. The molecule has 0 spiro atoms. The zero-order chi connectivity index (χ0) is 36.7. The first kappa shape index (κ1) is 42.5. The number of rotatable bonds is 20. The maximum Gasteiger partial charge on any atom is 0.252 e. The molecule has 0 aliphatic rings. The van der Waals surface area contributed by atoms with Crippen LogP contribution in [-0.2, 0) is 26.2 Å². The molecule has 5 N–H and O–H groups in total. The molecular formula is C36H64N7O5+. The van der Waals surface area contributed by atoms with Crippen molar-refractivity contribution < 1.29 is 28.5 Å². The second kappa shape index (κ2) is 20.7. The summed E-state index contributed by atoms with van der Waals surface area (Å²) >= 11 is 0. The number of amides is 5. The first-order valence-corrected chi connectivity index (χ1v) is 17.6. The largest absolute Gasteiger partial charge is 0.355 e. The predicted octanol–water partition coefficient (Wildman–Crippen LogP) is 2.31. The lowest BCUT2D eigenvalue weighted by Crippen LogP contribution is -2.58. The quantitative estimate of drug-likeness (QED) is 0.134. The van der Waals surface area contributed by atoms with Gasteiger partial charge in [-0.1, -0.05) is 61.8 Å². The number of nitrogens with one attached hydrogen (secondary N) is 5. The minimum atomic E-state index is -0.814. The fourth-order valence-corrected chi connectivity index (χ4v) is 5.39. The Morgan fingerprint density at radius 2 is 1.35 bits per heavy atom. The van der Waals surface area contributed by atoms with Crippen molar-refractivity contribution in [2.24, 2.45) is 30.7 Å². The molecule has 0 aliphatic heterocycles. The van der Waals surface area contributed by atoms with Crippen molar-refractivity contribution in [1.82, 2.24) is 31.5 Å². The molecule has 0 saturated carbocycles. The lowest BCUT2D eigenvalue weighted by molar-refractivity contribution is -0.671. The van der Waals surface area contributed by atoms with Gasteiger partial charge in [0.15, 0.2) is 12.4 Å². The van der Waals surface area contributed by atoms with Crippen LogP contribution in [0.1, 0.15) is 98.9 Å². The van der Waals surface area contributed by atoms with Crippen LogP contribution in [0.5, 0.6) is 0 Å². The molecule has 1 aromatic heterocycles. The van der Waals surface area contributed by atoms with E-state index >= 15 is 0 Å². The minimum Gasteiger partial charge on any atom is -0.355 e. The van der Waals surface area contributed by atoms with Gasteiger partial charge in [-0.25, -0.2) is 4.57 Å². The topological polar surface area (TPSA) is 153 Å². The minimum absolute atomic E-state index is 0.0896. The molecule has 1 heterocycles. The van der Waals surface area contributed by atoms with Gasteiger partial charge in [0.2, 0.25) is 23.6 Å². The van der Waals surface area contributed by atoms with Gasteiger partial charge in [-0.3, -0.25) is 24.0 Å². The normalized spacial score (nSPS) is 15.2. The van der Waals surface area contributed by atoms with Crippen molar-refractivity contribution in [2.75, 3.05) is 20.1 Å². The smallest absolute Gasteiger partial charge is 0.252 e. The van der Waals surface area contributed by atoms with E-state index in [0.717, 1.165) is 0 Å². The van der Waals surface area contributed by atoms with E-state index in [1.165, 1.54) is 4.90 Å². The summed E-state index contributed by atoms with van der Waals surface area (Å²) in [5.41, 5.74) is 0.448. The van der Waals surface area contributed by atoms with Crippen LogP contribution < -0.4 is 31.2 Å². The van der Waals surface area contributed by atoms with E-state index in [9.17, 15) is 24.0 Å². The molecule has 0 unspecified atom stereocenters. The second-order valence-electron chi connectivity index (χ2n) is 14.3. The molecule has 48 heavy (non-hydrogen) atoms. The first-order valence-electron chi connectivity index (χ1n) is 17.6. The molecule has 0 radical (unpaired) electrons. The summed E-state index contributed by atoms with van der Waals surface area (Å²) in [7, 11) is 3.49. The van der Waals surface area contributed by atoms with Crippen molar-refractivity contribution >= 4 is 29.5 Å². The lowest BCUT2D eigenvalue weighted by atomic mass is 9.95. The number of aromatic nitrogens is 1. The van der Waals surface area contributed by atoms with Crippen LogP contribution >= 0.6 is 0 Å². The highest BCUT2D eigenvalue weighted by molar-refractivity contribution is 5.98. The fourth-order valence-electron chi connectivity index (χ4n) is 5.39. The van der Waals surface area contributed by atoms with E-state index in [2.05, 4.69) is 40.4 Å². The van der Waals surface area contributed by atoms with Gasteiger partial charge in [-0.2, -0.15) is 0 Å². The van der Waals surface area contributed by atoms with Crippen molar-refractivity contribution in [2.45, 2.75) is 119 Å². The molecule has 12 heteroatoms. The zero-order valence-electron chi connectivity index (χ0n) is 31.5. The van der Waals surface area contributed by atoms with Gasteiger partial charge in [0.05, 0.1) is 11.6 Å². The summed E-state index contributed by atoms with van der Waals surface area (Å²) in [4.78, 5) is 68.1. The number of likely N-dealkylation sites (N-methyl/N-ethyl adjacent to an activating group) is 2. The van der Waals surface area contributed by atoms with Gasteiger partial charge >= 0.3 is 0 Å². The Kier molecular flexibility index (Phi) is 18.4. The summed E-state index contributed by atoms with van der Waals surface area (Å²) in [6.07, 6.45) is 5.28. The predicted molar refractivity (Wildman–Crippen MR) is 189 cm³/mol. The molecule has 0 bridgehead atoms. The van der Waals surface area contributed by atoms with E-state index < -0.39 is 24.2 Å². The van der Waals surface area contributed by atoms with Crippen LogP contribution in [-0.4, -0.2) is 84.8 Å². The van der Waals surface area contributed by atoms with Crippen molar-refractivity contribution in [1.29, 1.82) is 0 Å². The standard InChI is InChI=1S/C36H63N7O5/c1-13-25(9)31(41-33(45)27-15-17-42(11)18-16-27)36(48)43(12)29(20-23(5)6)34(46)39-28(19-22(3)4)21-38-26(10)32(44)40-30(24(7)8)35(47)37-14-2/h15-18,22-26,28-31,38H,13-14,19-21H2,1-12H3,(H3-,37,39,40,41,44,45,46,47)/p+1/t25-,26-,28-,29-,30-,31-/m0/s1. The lowest BCUT2D eigenvalue weighted by Gasteiger charge is -2.35. The molecule has 0 fully saturated rings. The van der Waals surface area contributed by atoms with Crippen LogP contribution in [0.2, 0.25) is 0 Å². The number of carbonyl (C=O) groups is 5. The molecule has 6 atom stereocenters. The summed E-state index contributed by atoms with van der Waals surface area (Å²) in [6, 6.07) is 0.227. The number of carbonyl (C=O) groups excluding carboxylic acids is 5. The number of hydrogen-bond donors (Lipinski definition) is 5. The van der Waals surface area contributed by atoms with Crippen molar-refractivity contribution in [3.05, 3.63) is 30.1 Å². The average molecular weight is 675 g/mol. The third-order valence-electron chi connectivity index (χ3n) is 8.58. The SMILES string of the molecule is CCNC(=O)[C@@H](NC(=O)[C@H](C)NC[C@H](CC(C)C)NC(=O)[C@H](CC(C)C)N(C)C(=O)[C@@H](NC(=O)c1cc[n+](C)cc1)[C@@H](C)CC)C(C)C. The van der Waals surface area contributed by atoms with E-state index in [1.54, 1.807) is 38.5 Å². The Morgan fingerprint density at radius 1 is 0.771 bits per heavy atom. The van der Waals surface area contributed by atoms with Crippen LogP contribution in [0, 0.1) is 23.7 Å². The highest BCUT2D eigenvalue weighted by Crippen LogP contribution is 2.18. The maximum absolute atomic E-state index is 14.0. The number of nitrogens with zero attached hydrogens (tertiary/aromatic N) is 2. The highest BCUT2D eigenvalue weighted by atomic mass is 16.2. The van der Waals surface area contributed by atoms with E-state index in [1.807, 2.05) is 60.1 Å². The Bertz CT molecular complexity index is 1190. The number of hydrogen-bond acceptors (Lipinski definition) is 6. The Balaban J connectivity index is 3.13. The summed E-state index contributed by atoms with van der Waals surface area (Å²) in [5.74, 6) is -1.38. The monoisotopic (exact) mass is 674 g/mol. The molecule has 272 valence electrons. The highest BCUT2D eigenvalue weighted by Gasteiger charge is 2.36. The Morgan fingerprint density at radius 3 is 1.85 bits per heavy atom. The van der Waals surface area contributed by atoms with Gasteiger partial charge in [-0.05, 0) is 50.4 Å². The van der Waals surface area contributed by atoms with Crippen LogP contribution in [0.4, 0.5) is 0 Å². The van der Waals surface area contributed by atoms with Crippen molar-refractivity contribution in [3.63, 3.8) is 0 Å². The number of pyridine rings is 1. The molecule has 1 aromatic rings. The third-order valence-corrected chi connectivity index (χ3v) is 8.58. The molecule has 12 nitrogen and oxygen atoms in total. The Labute approximate surface area is 288 Å². The van der Waals surface area contributed by atoms with Gasteiger partial charge in [-0.15, -0.1) is 0 Å². The average Bonchev–Trinajstić information content (AvgIpc) is 3.02. The van der Waals surface area contributed by atoms with E-state index in [-0.39, 0.29) is 59.2 Å². The van der Waals surface area contributed by atoms with Gasteiger partial charge < -0.3 is 31.5 Å². The third kappa shape index (κ3) is 13.9. The maximum atomic E-state index is 14.0. The first-order chi connectivity index (χ1) is 22.4. The summed E-state index contributed by atoms with van der Waals surface area (Å²) in [5, 5.41) is 14.9. The molecule has 5 amide bonds. The van der Waals surface area contributed by atoms with Crippen LogP contribution in [0.15, 0.2) is 24.5 Å². The summed E-state index contributed by atoms with van der Waals surface area (Å²) in [6.45, 7) is 20.1. The van der Waals surface area contributed by atoms with Gasteiger partial charge in [0, 0.05) is 38.3 Å². The molecular weight excluding hydrogens is 610 g/mol. The molecule has 0 saturated heterocycles. The molecule has 0 aromatic carbocycles. The van der Waals surface area contributed by atoms with Gasteiger partial charge in [0.25, 0.3) is 5.91 Å². The number of aryl methyl sites for hydroxylation is 1. The second-order valence-corrected chi connectivity index (χ2v) is 14.3. The van der Waals surface area contributed by atoms with Gasteiger partial charge in [0.1, 0.15) is 25.2 Å². The van der Waals surface area contributed by atoms with E-state index in [0.29, 0.717) is 37.9 Å². The molecule has 0 aliphatic carbocycles. The van der Waals surface area contributed by atoms with E-state index in [4.69, 9.17) is 0 Å².